The van der Waals surface area contributed by atoms with E-state index < -0.39 is 6.04 Å². The summed E-state index contributed by atoms with van der Waals surface area (Å²) >= 11 is 0. The number of H-pyrrole nitrogens is 1. The first-order chi connectivity index (χ1) is 14.3. The van der Waals surface area contributed by atoms with Gasteiger partial charge in [0.2, 0.25) is 5.95 Å². The molecule has 0 aliphatic heterocycles. The monoisotopic (exact) mass is 409 g/mol. The zero-order valence-corrected chi connectivity index (χ0v) is 16.9. The van der Waals surface area contributed by atoms with Gasteiger partial charge >= 0.3 is 0 Å². The quantitative estimate of drug-likeness (QED) is 0.438. The number of nitrogens with one attached hydrogen (secondary N) is 2. The first-order valence-electron chi connectivity index (χ1n) is 9.20. The highest BCUT2D eigenvalue weighted by Gasteiger charge is 2.17. The molecule has 0 bridgehead atoms. The van der Waals surface area contributed by atoms with Crippen molar-refractivity contribution >= 4 is 28.5 Å². The standard InChI is InChI=1S/C19H23N9O2/c1-10(23-17-11(9-20)15(21)25-19(22)27-17)16-24-12-5-4-6-13(14(12)18(29)26-16)30-8-7-28(2)3/h4-6,10H,7-8H2,1-3H3,(H,24,26,29)(H5,21,22,23,25,27)/t10-/m0/s1. The highest BCUT2D eigenvalue weighted by atomic mass is 16.5. The third-order valence-electron chi connectivity index (χ3n) is 4.34. The van der Waals surface area contributed by atoms with Gasteiger partial charge in [-0.1, -0.05) is 6.07 Å². The number of aromatic amines is 1. The van der Waals surface area contributed by atoms with E-state index >= 15 is 0 Å². The van der Waals surface area contributed by atoms with Crippen molar-refractivity contribution in [2.75, 3.05) is 44.0 Å². The summed E-state index contributed by atoms with van der Waals surface area (Å²) in [5.41, 5.74) is 11.6. The summed E-state index contributed by atoms with van der Waals surface area (Å²) in [4.78, 5) is 29.9. The SMILES string of the molecule is C[C@H](Nc1nc(N)nc(N)c1C#N)c1nc2cccc(OCCN(C)C)c2c(=O)[nH]1. The van der Waals surface area contributed by atoms with Crippen LogP contribution in [0, 0.1) is 11.3 Å². The van der Waals surface area contributed by atoms with Gasteiger partial charge in [0, 0.05) is 6.54 Å². The Hall–Kier alpha value is -3.91. The zero-order chi connectivity index (χ0) is 21.8. The minimum Gasteiger partial charge on any atom is -0.491 e. The van der Waals surface area contributed by atoms with Gasteiger partial charge in [0.25, 0.3) is 5.56 Å². The van der Waals surface area contributed by atoms with Crippen molar-refractivity contribution in [3.63, 3.8) is 0 Å². The van der Waals surface area contributed by atoms with Gasteiger partial charge in [-0.3, -0.25) is 4.79 Å². The molecule has 30 heavy (non-hydrogen) atoms. The molecular formula is C19H23N9O2. The summed E-state index contributed by atoms with van der Waals surface area (Å²) in [6.07, 6.45) is 0. The van der Waals surface area contributed by atoms with Crippen LogP contribution in [0.5, 0.6) is 5.75 Å². The van der Waals surface area contributed by atoms with Gasteiger partial charge in [-0.15, -0.1) is 0 Å². The first-order valence-corrected chi connectivity index (χ1v) is 9.20. The van der Waals surface area contributed by atoms with Crippen LogP contribution in [0.15, 0.2) is 23.0 Å². The molecule has 0 aliphatic rings. The van der Waals surface area contributed by atoms with Crippen molar-refractivity contribution < 1.29 is 4.74 Å². The van der Waals surface area contributed by atoms with E-state index in [1.807, 2.05) is 25.1 Å². The summed E-state index contributed by atoms with van der Waals surface area (Å²) in [5, 5.41) is 12.7. The molecule has 156 valence electrons. The molecule has 0 radical (unpaired) electrons. The highest BCUT2D eigenvalue weighted by molar-refractivity contribution is 5.84. The first kappa shape index (κ1) is 20.8. The fraction of sp³-hybridized carbons (Fsp3) is 0.316. The van der Waals surface area contributed by atoms with Crippen molar-refractivity contribution in [3.8, 4) is 11.8 Å². The summed E-state index contributed by atoms with van der Waals surface area (Å²) in [6.45, 7) is 2.92. The number of nitrogen functional groups attached to an aromatic ring is 2. The summed E-state index contributed by atoms with van der Waals surface area (Å²) < 4.78 is 5.77. The number of aromatic nitrogens is 4. The van der Waals surface area contributed by atoms with E-state index in [-0.39, 0.29) is 28.7 Å². The second kappa shape index (κ2) is 8.62. The fourth-order valence-corrected chi connectivity index (χ4v) is 2.83. The average Bonchev–Trinajstić information content (AvgIpc) is 2.67. The summed E-state index contributed by atoms with van der Waals surface area (Å²) in [5.74, 6) is 0.898. The Morgan fingerprint density at radius 3 is 2.77 bits per heavy atom. The number of nitriles is 1. The van der Waals surface area contributed by atoms with Crippen molar-refractivity contribution in [1.82, 2.24) is 24.8 Å². The van der Waals surface area contributed by atoms with Crippen molar-refractivity contribution in [1.29, 1.82) is 5.26 Å². The third kappa shape index (κ3) is 4.39. The van der Waals surface area contributed by atoms with Crippen molar-refractivity contribution in [3.05, 3.63) is 39.9 Å². The van der Waals surface area contributed by atoms with E-state index in [0.717, 1.165) is 0 Å². The highest BCUT2D eigenvalue weighted by Crippen LogP contribution is 2.25. The number of rotatable bonds is 7. The van der Waals surface area contributed by atoms with Gasteiger partial charge in [-0.2, -0.15) is 15.2 Å². The molecule has 0 unspecified atom stereocenters. The molecule has 11 nitrogen and oxygen atoms in total. The molecule has 0 spiro atoms. The molecule has 0 saturated carbocycles. The maximum Gasteiger partial charge on any atom is 0.262 e. The molecule has 3 rings (SSSR count). The topological polar surface area (TPSA) is 172 Å². The van der Waals surface area contributed by atoms with Crippen LogP contribution >= 0.6 is 0 Å². The predicted octanol–water partition coefficient (Wildman–Crippen LogP) is 0.863. The predicted molar refractivity (Wildman–Crippen MR) is 114 cm³/mol. The molecular weight excluding hydrogens is 386 g/mol. The Kier molecular flexibility index (Phi) is 5.98. The van der Waals surface area contributed by atoms with E-state index in [4.69, 9.17) is 16.2 Å². The lowest BCUT2D eigenvalue weighted by Crippen LogP contribution is -2.21. The van der Waals surface area contributed by atoms with E-state index in [1.54, 1.807) is 25.1 Å². The molecule has 11 heteroatoms. The smallest absolute Gasteiger partial charge is 0.262 e. The van der Waals surface area contributed by atoms with Gasteiger partial charge < -0.3 is 31.4 Å². The van der Waals surface area contributed by atoms with Crippen LogP contribution in [0.4, 0.5) is 17.6 Å². The number of nitrogens with two attached hydrogens (primary N) is 2. The lowest BCUT2D eigenvalue weighted by atomic mass is 10.2. The molecule has 2 aromatic heterocycles. The Bertz CT molecular complexity index is 1170. The number of fused-ring (bicyclic) bond motifs is 1. The molecule has 0 aliphatic carbocycles. The van der Waals surface area contributed by atoms with Crippen LogP contribution < -0.4 is 27.1 Å². The summed E-state index contributed by atoms with van der Waals surface area (Å²) in [6, 6.07) is 6.70. The second-order valence-electron chi connectivity index (χ2n) is 6.92. The van der Waals surface area contributed by atoms with Crippen LogP contribution in [-0.4, -0.2) is 52.1 Å². The van der Waals surface area contributed by atoms with Gasteiger partial charge in [0.05, 0.1) is 11.6 Å². The Morgan fingerprint density at radius 2 is 2.07 bits per heavy atom. The summed E-state index contributed by atoms with van der Waals surface area (Å²) in [7, 11) is 3.89. The normalized spacial score (nSPS) is 12.0. The number of nitrogens with zero attached hydrogens (tertiary/aromatic N) is 5. The Balaban J connectivity index is 1.93. The van der Waals surface area contributed by atoms with Gasteiger partial charge in [0.15, 0.2) is 5.82 Å². The van der Waals surface area contributed by atoms with Crippen molar-refractivity contribution in [2.45, 2.75) is 13.0 Å². The maximum absolute atomic E-state index is 12.8. The number of hydrogen-bond acceptors (Lipinski definition) is 10. The lowest BCUT2D eigenvalue weighted by Gasteiger charge is -2.16. The molecule has 1 aromatic carbocycles. The minimum absolute atomic E-state index is 0.0285. The number of hydrogen-bond donors (Lipinski definition) is 4. The molecule has 0 fully saturated rings. The number of anilines is 3. The van der Waals surface area contributed by atoms with Crippen LogP contribution in [-0.2, 0) is 0 Å². The molecule has 0 saturated heterocycles. The van der Waals surface area contributed by atoms with E-state index in [2.05, 4.69) is 25.3 Å². The maximum atomic E-state index is 12.8. The van der Waals surface area contributed by atoms with Gasteiger partial charge in [-0.25, -0.2) is 4.98 Å². The Labute approximate surface area is 172 Å². The number of likely N-dealkylation sites (N-methyl/N-ethyl adjacent to an activating group) is 1. The second-order valence-corrected chi connectivity index (χ2v) is 6.92. The minimum atomic E-state index is -0.499. The lowest BCUT2D eigenvalue weighted by molar-refractivity contribution is 0.263. The molecule has 6 N–H and O–H groups in total. The van der Waals surface area contributed by atoms with Crippen LogP contribution in [0.1, 0.15) is 24.4 Å². The zero-order valence-electron chi connectivity index (χ0n) is 16.9. The fourth-order valence-electron chi connectivity index (χ4n) is 2.83. The van der Waals surface area contributed by atoms with Crippen LogP contribution in [0.2, 0.25) is 0 Å². The van der Waals surface area contributed by atoms with Crippen LogP contribution in [0.3, 0.4) is 0 Å². The molecule has 2 heterocycles. The largest absolute Gasteiger partial charge is 0.491 e. The van der Waals surface area contributed by atoms with E-state index in [1.165, 1.54) is 0 Å². The van der Waals surface area contributed by atoms with Gasteiger partial charge in [-0.05, 0) is 33.2 Å². The molecule has 0 amide bonds. The number of ether oxygens (including phenoxy) is 1. The number of benzene rings is 1. The van der Waals surface area contributed by atoms with Crippen LogP contribution in [0.25, 0.3) is 10.9 Å². The van der Waals surface area contributed by atoms with Gasteiger partial charge in [0.1, 0.15) is 41.0 Å². The van der Waals surface area contributed by atoms with E-state index in [9.17, 15) is 10.1 Å². The van der Waals surface area contributed by atoms with Crippen molar-refractivity contribution in [2.24, 2.45) is 0 Å². The molecule has 1 atom stereocenters. The Morgan fingerprint density at radius 1 is 1.30 bits per heavy atom. The van der Waals surface area contributed by atoms with E-state index in [0.29, 0.717) is 35.6 Å². The average molecular weight is 409 g/mol. The third-order valence-corrected chi connectivity index (χ3v) is 4.34. The molecule has 3 aromatic rings.